The Balaban J connectivity index is 1.73. The van der Waals surface area contributed by atoms with Crippen molar-refractivity contribution in [1.29, 1.82) is 0 Å². The van der Waals surface area contributed by atoms with Crippen LogP contribution in [0.25, 0.3) is 0 Å². The molecule has 0 saturated carbocycles. The summed E-state index contributed by atoms with van der Waals surface area (Å²) >= 11 is 0. The largest absolute Gasteiger partial charge is 0.375 e. The molecule has 3 heteroatoms. The van der Waals surface area contributed by atoms with Crippen LogP contribution in [0.4, 0.5) is 0 Å². The zero-order valence-corrected chi connectivity index (χ0v) is 11.0. The van der Waals surface area contributed by atoms with Crippen molar-refractivity contribution in [2.45, 2.75) is 57.2 Å². The van der Waals surface area contributed by atoms with Crippen molar-refractivity contribution in [1.82, 2.24) is 10.2 Å². The van der Waals surface area contributed by atoms with Gasteiger partial charge in [0, 0.05) is 25.2 Å². The molecule has 0 aromatic carbocycles. The van der Waals surface area contributed by atoms with E-state index < -0.39 is 0 Å². The van der Waals surface area contributed by atoms with E-state index in [2.05, 4.69) is 31.1 Å². The molecular weight excluding hydrogens is 200 g/mol. The van der Waals surface area contributed by atoms with Crippen molar-refractivity contribution in [3.8, 4) is 0 Å². The van der Waals surface area contributed by atoms with E-state index in [1.165, 1.54) is 25.8 Å². The molecule has 2 atom stereocenters. The van der Waals surface area contributed by atoms with Crippen LogP contribution in [0, 0.1) is 0 Å². The minimum atomic E-state index is 0.0670. The first-order valence-electron chi connectivity index (χ1n) is 6.64. The summed E-state index contributed by atoms with van der Waals surface area (Å²) in [6.07, 6.45) is 5.03. The molecule has 0 aromatic rings. The maximum Gasteiger partial charge on any atom is 0.0641 e. The summed E-state index contributed by atoms with van der Waals surface area (Å²) in [6, 6.07) is 1.41. The Morgan fingerprint density at radius 2 is 2.19 bits per heavy atom. The van der Waals surface area contributed by atoms with E-state index in [1.54, 1.807) is 0 Å². The van der Waals surface area contributed by atoms with Crippen molar-refractivity contribution < 1.29 is 4.74 Å². The van der Waals surface area contributed by atoms with Gasteiger partial charge in [-0.3, -0.25) is 0 Å². The minimum absolute atomic E-state index is 0.0670. The van der Waals surface area contributed by atoms with Gasteiger partial charge in [-0.2, -0.15) is 0 Å². The molecular formula is C13H26N2O. The normalized spacial score (nSPS) is 35.4. The predicted molar refractivity (Wildman–Crippen MR) is 66.7 cm³/mol. The third-order valence-corrected chi connectivity index (χ3v) is 4.01. The van der Waals surface area contributed by atoms with Gasteiger partial charge in [-0.15, -0.1) is 0 Å². The zero-order chi connectivity index (χ0) is 11.6. The Morgan fingerprint density at radius 1 is 1.38 bits per heavy atom. The topological polar surface area (TPSA) is 24.5 Å². The monoisotopic (exact) mass is 226 g/mol. The Bertz CT molecular complexity index is 230. The van der Waals surface area contributed by atoms with Crippen LogP contribution in [0.5, 0.6) is 0 Å². The van der Waals surface area contributed by atoms with Crippen LogP contribution in [0.1, 0.15) is 39.5 Å². The van der Waals surface area contributed by atoms with E-state index in [1.807, 2.05) is 0 Å². The highest BCUT2D eigenvalue weighted by Gasteiger charge is 2.29. The lowest BCUT2D eigenvalue weighted by atomic mass is 9.94. The molecule has 94 valence electrons. The Morgan fingerprint density at radius 3 is 2.81 bits per heavy atom. The summed E-state index contributed by atoms with van der Waals surface area (Å²) in [5.41, 5.74) is 0.0670. The number of nitrogens with one attached hydrogen (secondary N) is 1. The van der Waals surface area contributed by atoms with Crippen LogP contribution < -0.4 is 5.32 Å². The number of ether oxygens (including phenoxy) is 1. The Hall–Kier alpha value is -0.120. The quantitative estimate of drug-likeness (QED) is 0.791. The first kappa shape index (κ1) is 12.3. The molecule has 2 heterocycles. The average Bonchev–Trinajstić information content (AvgIpc) is 2.60. The highest BCUT2D eigenvalue weighted by atomic mass is 16.5. The van der Waals surface area contributed by atoms with Crippen LogP contribution in [0.15, 0.2) is 0 Å². The van der Waals surface area contributed by atoms with Gasteiger partial charge in [-0.1, -0.05) is 0 Å². The smallest absolute Gasteiger partial charge is 0.0641 e. The molecule has 2 rings (SSSR count). The molecule has 0 aliphatic carbocycles. The third kappa shape index (κ3) is 3.19. The maximum absolute atomic E-state index is 5.74. The van der Waals surface area contributed by atoms with Gasteiger partial charge in [-0.05, 0) is 53.1 Å². The lowest BCUT2D eigenvalue weighted by Gasteiger charge is -2.36. The number of likely N-dealkylation sites (tertiary alicyclic amines) is 1. The lowest BCUT2D eigenvalue weighted by Crippen LogP contribution is -2.47. The number of hydrogen-bond donors (Lipinski definition) is 1. The molecule has 2 fully saturated rings. The van der Waals surface area contributed by atoms with Crippen LogP contribution in [0.2, 0.25) is 0 Å². The molecule has 0 bridgehead atoms. The number of nitrogens with zero attached hydrogens (tertiary/aromatic N) is 1. The molecule has 0 radical (unpaired) electrons. The van der Waals surface area contributed by atoms with Crippen molar-refractivity contribution in [3.05, 3.63) is 0 Å². The second-order valence-corrected chi connectivity index (χ2v) is 5.98. The van der Waals surface area contributed by atoms with Gasteiger partial charge >= 0.3 is 0 Å². The summed E-state index contributed by atoms with van der Waals surface area (Å²) < 4.78 is 5.74. The second-order valence-electron chi connectivity index (χ2n) is 5.98. The number of rotatable bonds is 3. The molecule has 16 heavy (non-hydrogen) atoms. The first-order valence-corrected chi connectivity index (χ1v) is 6.64. The second kappa shape index (κ2) is 5.03. The van der Waals surface area contributed by atoms with Gasteiger partial charge in [0.2, 0.25) is 0 Å². The van der Waals surface area contributed by atoms with E-state index in [0.29, 0.717) is 6.04 Å². The van der Waals surface area contributed by atoms with Crippen molar-refractivity contribution >= 4 is 0 Å². The fourth-order valence-corrected chi connectivity index (χ4v) is 2.95. The minimum Gasteiger partial charge on any atom is -0.375 e. The first-order chi connectivity index (χ1) is 7.57. The highest BCUT2D eigenvalue weighted by molar-refractivity contribution is 4.85. The summed E-state index contributed by atoms with van der Waals surface area (Å²) in [6.45, 7) is 7.72. The van der Waals surface area contributed by atoms with Crippen LogP contribution in [0.3, 0.4) is 0 Å². The SMILES string of the molecule is CN1CCCC1CNC1CCOC(C)(C)C1. The third-order valence-electron chi connectivity index (χ3n) is 4.01. The predicted octanol–water partition coefficient (Wildman–Crippen LogP) is 1.63. The number of likely N-dealkylation sites (N-methyl/N-ethyl adjacent to an activating group) is 1. The number of hydrogen-bond acceptors (Lipinski definition) is 3. The molecule has 2 unspecified atom stereocenters. The summed E-state index contributed by atoms with van der Waals surface area (Å²) in [7, 11) is 2.24. The van der Waals surface area contributed by atoms with Crippen LogP contribution >= 0.6 is 0 Å². The Kier molecular flexibility index (Phi) is 3.88. The van der Waals surface area contributed by atoms with E-state index in [4.69, 9.17) is 4.74 Å². The molecule has 0 spiro atoms. The van der Waals surface area contributed by atoms with Gasteiger partial charge in [-0.25, -0.2) is 0 Å². The fraction of sp³-hybridized carbons (Fsp3) is 1.00. The van der Waals surface area contributed by atoms with Crippen molar-refractivity contribution in [3.63, 3.8) is 0 Å². The lowest BCUT2D eigenvalue weighted by molar-refractivity contribution is -0.0632. The molecule has 2 saturated heterocycles. The van der Waals surface area contributed by atoms with E-state index in [0.717, 1.165) is 25.6 Å². The van der Waals surface area contributed by atoms with E-state index >= 15 is 0 Å². The van der Waals surface area contributed by atoms with Gasteiger partial charge in [0.05, 0.1) is 5.60 Å². The van der Waals surface area contributed by atoms with Crippen molar-refractivity contribution in [2.75, 3.05) is 26.7 Å². The van der Waals surface area contributed by atoms with Crippen molar-refractivity contribution in [2.24, 2.45) is 0 Å². The van der Waals surface area contributed by atoms with Gasteiger partial charge in [0.25, 0.3) is 0 Å². The molecule has 3 nitrogen and oxygen atoms in total. The van der Waals surface area contributed by atoms with Crippen LogP contribution in [-0.2, 0) is 4.74 Å². The van der Waals surface area contributed by atoms with Gasteiger partial charge in [0.1, 0.15) is 0 Å². The van der Waals surface area contributed by atoms with Crippen LogP contribution in [-0.4, -0.2) is 49.3 Å². The molecule has 0 amide bonds. The van der Waals surface area contributed by atoms with Gasteiger partial charge < -0.3 is 15.0 Å². The van der Waals surface area contributed by atoms with E-state index in [-0.39, 0.29) is 5.60 Å². The Labute approximate surface area is 99.5 Å². The zero-order valence-electron chi connectivity index (χ0n) is 11.0. The molecule has 0 aromatic heterocycles. The maximum atomic E-state index is 5.74. The standard InChI is InChI=1S/C13H26N2O/c1-13(2)9-11(6-8-16-13)14-10-12-5-4-7-15(12)3/h11-12,14H,4-10H2,1-3H3. The van der Waals surface area contributed by atoms with Gasteiger partial charge in [0.15, 0.2) is 0 Å². The fourth-order valence-electron chi connectivity index (χ4n) is 2.95. The summed E-state index contributed by atoms with van der Waals surface area (Å²) in [5, 5.41) is 3.73. The molecule has 2 aliphatic rings. The summed E-state index contributed by atoms with van der Waals surface area (Å²) in [5.74, 6) is 0. The average molecular weight is 226 g/mol. The summed E-state index contributed by atoms with van der Waals surface area (Å²) in [4.78, 5) is 2.48. The highest BCUT2D eigenvalue weighted by Crippen LogP contribution is 2.24. The molecule has 1 N–H and O–H groups in total. The van der Waals surface area contributed by atoms with E-state index in [9.17, 15) is 0 Å². The molecule has 2 aliphatic heterocycles.